The van der Waals surface area contributed by atoms with E-state index in [2.05, 4.69) is 15.5 Å². The zero-order valence-corrected chi connectivity index (χ0v) is 17.8. The van der Waals surface area contributed by atoms with Gasteiger partial charge in [-0.05, 0) is 54.4 Å². The lowest BCUT2D eigenvalue weighted by Gasteiger charge is -2.11. The van der Waals surface area contributed by atoms with Crippen molar-refractivity contribution in [1.29, 1.82) is 0 Å². The monoisotopic (exact) mass is 432 g/mol. The van der Waals surface area contributed by atoms with Crippen LogP contribution in [0.15, 0.2) is 84.0 Å². The molecule has 3 aromatic carbocycles. The molecule has 0 saturated heterocycles. The highest BCUT2D eigenvalue weighted by Gasteiger charge is 2.16. The topological polar surface area (TPSA) is 59.8 Å². The van der Waals surface area contributed by atoms with Crippen molar-refractivity contribution in [2.45, 2.75) is 18.5 Å². The maximum atomic E-state index is 13.5. The predicted molar refractivity (Wildman–Crippen MR) is 121 cm³/mol. The zero-order chi connectivity index (χ0) is 21.6. The van der Waals surface area contributed by atoms with E-state index in [1.54, 1.807) is 12.1 Å². The molecule has 4 aromatic rings. The van der Waals surface area contributed by atoms with E-state index in [0.717, 1.165) is 28.3 Å². The molecule has 0 atom stereocenters. The number of aryl methyl sites for hydroxylation is 1. The van der Waals surface area contributed by atoms with Gasteiger partial charge >= 0.3 is 0 Å². The first-order valence-electron chi connectivity index (χ1n) is 9.82. The molecule has 5 nitrogen and oxygen atoms in total. The Hall–Kier alpha value is -3.45. The molecule has 156 valence electrons. The van der Waals surface area contributed by atoms with E-state index in [1.165, 1.54) is 23.9 Å². The van der Waals surface area contributed by atoms with Crippen molar-refractivity contribution in [3.63, 3.8) is 0 Å². The van der Waals surface area contributed by atoms with Gasteiger partial charge in [0.25, 0.3) is 0 Å². The lowest BCUT2D eigenvalue weighted by molar-refractivity contribution is -0.113. The number of halogens is 1. The molecule has 1 heterocycles. The highest BCUT2D eigenvalue weighted by Crippen LogP contribution is 2.24. The van der Waals surface area contributed by atoms with Gasteiger partial charge < -0.3 is 5.32 Å². The first kappa shape index (κ1) is 20.8. The van der Waals surface area contributed by atoms with Crippen molar-refractivity contribution in [3.8, 4) is 5.69 Å². The Labute approximate surface area is 184 Å². The van der Waals surface area contributed by atoms with Gasteiger partial charge in [0.05, 0.1) is 5.75 Å². The number of nitrogens with one attached hydrogen (secondary N) is 1. The Kier molecular flexibility index (Phi) is 6.43. The van der Waals surface area contributed by atoms with Crippen molar-refractivity contribution >= 4 is 23.4 Å². The summed E-state index contributed by atoms with van der Waals surface area (Å²) in [5.74, 6) is 0.458. The summed E-state index contributed by atoms with van der Waals surface area (Å²) < 4.78 is 15.3. The third-order valence-electron chi connectivity index (χ3n) is 4.62. The summed E-state index contributed by atoms with van der Waals surface area (Å²) >= 11 is 1.29. The van der Waals surface area contributed by atoms with Gasteiger partial charge in [-0.25, -0.2) is 4.39 Å². The van der Waals surface area contributed by atoms with Gasteiger partial charge in [-0.1, -0.05) is 54.2 Å². The van der Waals surface area contributed by atoms with Crippen molar-refractivity contribution in [3.05, 3.63) is 102 Å². The molecular weight excluding hydrogens is 411 g/mol. The number of thioether (sulfide) groups is 1. The van der Waals surface area contributed by atoms with Gasteiger partial charge in [0.1, 0.15) is 11.6 Å². The molecule has 0 bridgehead atoms. The number of aromatic nitrogens is 3. The van der Waals surface area contributed by atoms with Gasteiger partial charge in [0.2, 0.25) is 5.91 Å². The zero-order valence-electron chi connectivity index (χ0n) is 17.0. The third kappa shape index (κ3) is 5.38. The van der Waals surface area contributed by atoms with E-state index < -0.39 is 0 Å². The summed E-state index contributed by atoms with van der Waals surface area (Å²) in [6, 6.07) is 23.8. The average Bonchev–Trinajstić information content (AvgIpc) is 3.16. The normalized spacial score (nSPS) is 10.8. The maximum Gasteiger partial charge on any atom is 0.234 e. The van der Waals surface area contributed by atoms with Crippen LogP contribution in [0.2, 0.25) is 0 Å². The minimum atomic E-state index is -0.312. The van der Waals surface area contributed by atoms with Gasteiger partial charge in [-0.15, -0.1) is 10.2 Å². The Bertz CT molecular complexity index is 1180. The Morgan fingerprint density at radius 3 is 2.52 bits per heavy atom. The van der Waals surface area contributed by atoms with Gasteiger partial charge in [-0.2, -0.15) is 0 Å². The summed E-state index contributed by atoms with van der Waals surface area (Å²) in [5.41, 5.74) is 3.67. The molecule has 0 fully saturated rings. The van der Waals surface area contributed by atoms with Gasteiger partial charge in [-0.3, -0.25) is 9.36 Å². The first-order valence-corrected chi connectivity index (χ1v) is 10.8. The van der Waals surface area contributed by atoms with E-state index in [9.17, 15) is 9.18 Å². The van der Waals surface area contributed by atoms with Crippen LogP contribution >= 0.6 is 11.8 Å². The van der Waals surface area contributed by atoms with Crippen molar-refractivity contribution in [2.75, 3.05) is 11.1 Å². The number of benzene rings is 3. The molecule has 7 heteroatoms. The number of nitrogens with zero attached hydrogens (tertiary/aromatic N) is 3. The average molecular weight is 433 g/mol. The number of anilines is 1. The fourth-order valence-corrected chi connectivity index (χ4v) is 3.96. The Morgan fingerprint density at radius 1 is 1.00 bits per heavy atom. The third-order valence-corrected chi connectivity index (χ3v) is 5.55. The van der Waals surface area contributed by atoms with E-state index in [4.69, 9.17) is 0 Å². The number of hydrogen-bond acceptors (Lipinski definition) is 4. The number of carbonyl (C=O) groups is 1. The van der Waals surface area contributed by atoms with Crippen molar-refractivity contribution < 1.29 is 9.18 Å². The molecule has 0 saturated carbocycles. The van der Waals surface area contributed by atoms with E-state index in [0.29, 0.717) is 11.6 Å². The second-order valence-corrected chi connectivity index (χ2v) is 8.02. The predicted octanol–water partition coefficient (Wildman–Crippen LogP) is 5.04. The van der Waals surface area contributed by atoms with Crippen LogP contribution in [-0.2, 0) is 11.2 Å². The fraction of sp³-hybridized carbons (Fsp3) is 0.125. The molecule has 1 N–H and O–H groups in total. The van der Waals surface area contributed by atoms with E-state index in [-0.39, 0.29) is 17.5 Å². The summed E-state index contributed by atoms with van der Waals surface area (Å²) in [4.78, 5) is 12.4. The maximum absolute atomic E-state index is 13.5. The molecule has 0 unspecified atom stereocenters. The van der Waals surface area contributed by atoms with Crippen LogP contribution in [0, 0.1) is 12.7 Å². The lowest BCUT2D eigenvalue weighted by Crippen LogP contribution is -2.14. The standard InChI is InChI=1S/C24H21FN4OS/c1-17-6-5-9-20(14-17)26-23(30)16-31-24-28-27-22(15-18-7-3-2-4-8-18)29(24)21-12-10-19(25)11-13-21/h2-14H,15-16H2,1H3,(H,26,30). The molecule has 0 spiro atoms. The number of amides is 1. The van der Waals surface area contributed by atoms with Crippen molar-refractivity contribution in [1.82, 2.24) is 14.8 Å². The second kappa shape index (κ2) is 9.57. The van der Waals surface area contributed by atoms with Crippen LogP contribution in [0.4, 0.5) is 10.1 Å². The highest BCUT2D eigenvalue weighted by molar-refractivity contribution is 7.99. The summed E-state index contributed by atoms with van der Waals surface area (Å²) in [6.07, 6.45) is 0.571. The van der Waals surface area contributed by atoms with E-state index in [1.807, 2.05) is 66.1 Å². The Morgan fingerprint density at radius 2 is 1.77 bits per heavy atom. The van der Waals surface area contributed by atoms with Crippen LogP contribution in [-0.4, -0.2) is 26.4 Å². The van der Waals surface area contributed by atoms with Crippen LogP contribution < -0.4 is 5.32 Å². The largest absolute Gasteiger partial charge is 0.325 e. The molecule has 31 heavy (non-hydrogen) atoms. The van der Waals surface area contributed by atoms with Crippen LogP contribution in [0.1, 0.15) is 17.0 Å². The summed E-state index contributed by atoms with van der Waals surface area (Å²) in [6.45, 7) is 1.98. The summed E-state index contributed by atoms with van der Waals surface area (Å²) in [5, 5.41) is 12.1. The molecule has 1 aromatic heterocycles. The fourth-order valence-electron chi connectivity index (χ4n) is 3.19. The second-order valence-electron chi connectivity index (χ2n) is 7.08. The first-order chi connectivity index (χ1) is 15.1. The smallest absolute Gasteiger partial charge is 0.234 e. The molecule has 0 aliphatic heterocycles. The van der Waals surface area contributed by atoms with Gasteiger partial charge in [0, 0.05) is 17.8 Å². The molecule has 1 amide bonds. The molecule has 0 aliphatic carbocycles. The van der Waals surface area contributed by atoms with E-state index >= 15 is 0 Å². The molecule has 0 radical (unpaired) electrons. The Balaban J connectivity index is 1.55. The quantitative estimate of drug-likeness (QED) is 0.416. The molecule has 4 rings (SSSR count). The minimum Gasteiger partial charge on any atom is -0.325 e. The molecule has 0 aliphatic rings. The minimum absolute atomic E-state index is 0.131. The van der Waals surface area contributed by atoms with Crippen LogP contribution in [0.5, 0.6) is 0 Å². The SMILES string of the molecule is Cc1cccc(NC(=O)CSc2nnc(Cc3ccccc3)n2-c2ccc(F)cc2)c1. The number of hydrogen-bond donors (Lipinski definition) is 1. The van der Waals surface area contributed by atoms with Crippen molar-refractivity contribution in [2.24, 2.45) is 0 Å². The van der Waals surface area contributed by atoms with Gasteiger partial charge in [0.15, 0.2) is 5.16 Å². The lowest BCUT2D eigenvalue weighted by atomic mass is 10.1. The van der Waals surface area contributed by atoms with Crippen LogP contribution in [0.3, 0.4) is 0 Å². The van der Waals surface area contributed by atoms with Crippen LogP contribution in [0.25, 0.3) is 5.69 Å². The number of rotatable bonds is 7. The summed E-state index contributed by atoms with van der Waals surface area (Å²) in [7, 11) is 0. The highest BCUT2D eigenvalue weighted by atomic mass is 32.2. The molecular formula is C24H21FN4OS. The number of carbonyl (C=O) groups excluding carboxylic acids is 1.